The van der Waals surface area contributed by atoms with Gasteiger partial charge in [0, 0.05) is 37.0 Å². The molecule has 1 aromatic heterocycles. The summed E-state index contributed by atoms with van der Waals surface area (Å²) in [5, 5.41) is 8.58. The standard InChI is InChI=1S/C20H30N6O/c1-5-25(4)10-11-26(6-2)19-13-18(23-14-24-19)20(22)16-12-15(27-7-3)8-9-17(16)21/h8-9,12-14,22H,5-7,10-11,21H2,1-4H3. The molecule has 7 nitrogen and oxygen atoms in total. The van der Waals surface area contributed by atoms with E-state index >= 15 is 0 Å². The topological polar surface area (TPSA) is 91.4 Å². The van der Waals surface area contributed by atoms with Gasteiger partial charge in [-0.15, -0.1) is 0 Å². The van der Waals surface area contributed by atoms with E-state index in [9.17, 15) is 0 Å². The van der Waals surface area contributed by atoms with Crippen LogP contribution in [0.2, 0.25) is 0 Å². The summed E-state index contributed by atoms with van der Waals surface area (Å²) in [6.45, 7) is 10.4. The highest BCUT2D eigenvalue weighted by molar-refractivity contribution is 6.13. The fourth-order valence-corrected chi connectivity index (χ4v) is 2.69. The quantitative estimate of drug-likeness (QED) is 0.493. The minimum atomic E-state index is 0.263. The van der Waals surface area contributed by atoms with Crippen molar-refractivity contribution in [2.24, 2.45) is 0 Å². The molecule has 0 fully saturated rings. The number of hydrogen-bond donors (Lipinski definition) is 2. The zero-order valence-electron chi connectivity index (χ0n) is 16.7. The maximum Gasteiger partial charge on any atom is 0.132 e. The number of nitrogen functional groups attached to an aromatic ring is 1. The third kappa shape index (κ3) is 5.40. The van der Waals surface area contributed by atoms with Crippen molar-refractivity contribution in [2.45, 2.75) is 20.8 Å². The average Bonchev–Trinajstić information content (AvgIpc) is 2.69. The van der Waals surface area contributed by atoms with Crippen molar-refractivity contribution in [1.82, 2.24) is 14.9 Å². The molecule has 0 bridgehead atoms. The van der Waals surface area contributed by atoms with Gasteiger partial charge in [-0.2, -0.15) is 0 Å². The van der Waals surface area contributed by atoms with Gasteiger partial charge in [-0.1, -0.05) is 6.92 Å². The number of aromatic nitrogens is 2. The van der Waals surface area contributed by atoms with Crippen LogP contribution >= 0.6 is 0 Å². The van der Waals surface area contributed by atoms with Crippen LogP contribution in [0.4, 0.5) is 11.5 Å². The van der Waals surface area contributed by atoms with Crippen molar-refractivity contribution in [3.05, 3.63) is 41.9 Å². The summed E-state index contributed by atoms with van der Waals surface area (Å²) >= 11 is 0. The number of nitrogens with one attached hydrogen (secondary N) is 1. The molecule has 0 radical (unpaired) electrons. The molecule has 3 N–H and O–H groups in total. The van der Waals surface area contributed by atoms with E-state index in [1.165, 1.54) is 6.33 Å². The first-order valence-corrected chi connectivity index (χ1v) is 9.37. The average molecular weight is 371 g/mol. The molecule has 0 amide bonds. The number of likely N-dealkylation sites (N-methyl/N-ethyl adjacent to an activating group) is 2. The van der Waals surface area contributed by atoms with E-state index in [0.717, 1.165) is 32.0 Å². The predicted octanol–water partition coefficient (Wildman–Crippen LogP) is 2.65. The zero-order valence-corrected chi connectivity index (χ0v) is 16.7. The Labute approximate surface area is 161 Å². The van der Waals surface area contributed by atoms with Crippen LogP contribution in [0, 0.1) is 5.41 Å². The smallest absolute Gasteiger partial charge is 0.132 e. The van der Waals surface area contributed by atoms with Crippen LogP contribution in [0.15, 0.2) is 30.6 Å². The van der Waals surface area contributed by atoms with Gasteiger partial charge in [0.2, 0.25) is 0 Å². The van der Waals surface area contributed by atoms with Crippen LogP contribution in [0.3, 0.4) is 0 Å². The lowest BCUT2D eigenvalue weighted by atomic mass is 10.0. The van der Waals surface area contributed by atoms with Gasteiger partial charge in [0.25, 0.3) is 0 Å². The van der Waals surface area contributed by atoms with Gasteiger partial charge in [-0.25, -0.2) is 9.97 Å². The fourth-order valence-electron chi connectivity index (χ4n) is 2.69. The van der Waals surface area contributed by atoms with Crippen molar-refractivity contribution in [1.29, 1.82) is 5.41 Å². The number of ether oxygens (including phenoxy) is 1. The van der Waals surface area contributed by atoms with Crippen molar-refractivity contribution in [2.75, 3.05) is 50.5 Å². The van der Waals surface area contributed by atoms with E-state index in [0.29, 0.717) is 29.3 Å². The Kier molecular flexibility index (Phi) is 7.55. The molecule has 0 saturated carbocycles. The molecule has 0 spiro atoms. The SMILES string of the molecule is CCOc1ccc(N)c(C(=N)c2cc(N(CC)CCN(C)CC)ncn2)c1. The number of nitrogens with two attached hydrogens (primary N) is 1. The summed E-state index contributed by atoms with van der Waals surface area (Å²) in [5.41, 5.74) is 8.03. The Morgan fingerprint density at radius 2 is 1.89 bits per heavy atom. The maximum absolute atomic E-state index is 8.58. The largest absolute Gasteiger partial charge is 0.494 e. The number of nitrogens with zero attached hydrogens (tertiary/aromatic N) is 4. The monoisotopic (exact) mass is 370 g/mol. The first kappa shape index (κ1) is 20.6. The molecular formula is C20H30N6O. The summed E-state index contributed by atoms with van der Waals surface area (Å²) in [5.74, 6) is 1.51. The van der Waals surface area contributed by atoms with E-state index in [4.69, 9.17) is 15.9 Å². The van der Waals surface area contributed by atoms with Gasteiger partial charge < -0.3 is 20.3 Å². The fraction of sp³-hybridized carbons (Fsp3) is 0.450. The Morgan fingerprint density at radius 3 is 2.56 bits per heavy atom. The molecule has 0 aliphatic rings. The van der Waals surface area contributed by atoms with Crippen LogP contribution < -0.4 is 15.4 Å². The summed E-state index contributed by atoms with van der Waals surface area (Å²) in [6.07, 6.45) is 1.51. The summed E-state index contributed by atoms with van der Waals surface area (Å²) in [7, 11) is 2.10. The van der Waals surface area contributed by atoms with E-state index < -0.39 is 0 Å². The van der Waals surface area contributed by atoms with E-state index in [-0.39, 0.29) is 5.71 Å². The molecule has 2 rings (SSSR count). The third-order valence-electron chi connectivity index (χ3n) is 4.51. The Bertz CT molecular complexity index is 764. The highest BCUT2D eigenvalue weighted by Crippen LogP contribution is 2.23. The van der Waals surface area contributed by atoms with E-state index in [1.807, 2.05) is 19.1 Å². The first-order chi connectivity index (χ1) is 13.0. The van der Waals surface area contributed by atoms with Gasteiger partial charge in [-0.05, 0) is 45.6 Å². The second kappa shape index (κ2) is 9.87. The van der Waals surface area contributed by atoms with Crippen LogP contribution in [-0.2, 0) is 0 Å². The summed E-state index contributed by atoms with van der Waals surface area (Å²) in [4.78, 5) is 13.1. The molecule has 0 saturated heterocycles. The number of benzene rings is 1. The van der Waals surface area contributed by atoms with Gasteiger partial charge in [0.15, 0.2) is 0 Å². The number of rotatable bonds is 10. The molecule has 27 heavy (non-hydrogen) atoms. The minimum Gasteiger partial charge on any atom is -0.494 e. The third-order valence-corrected chi connectivity index (χ3v) is 4.51. The second-order valence-corrected chi connectivity index (χ2v) is 6.29. The molecule has 7 heteroatoms. The van der Waals surface area contributed by atoms with Gasteiger partial charge >= 0.3 is 0 Å². The van der Waals surface area contributed by atoms with Gasteiger partial charge in [0.1, 0.15) is 17.9 Å². The molecule has 0 aliphatic heterocycles. The molecule has 2 aromatic rings. The molecule has 146 valence electrons. The summed E-state index contributed by atoms with van der Waals surface area (Å²) < 4.78 is 5.53. The van der Waals surface area contributed by atoms with Crippen LogP contribution in [0.5, 0.6) is 5.75 Å². The van der Waals surface area contributed by atoms with Gasteiger partial charge in [0.05, 0.1) is 18.0 Å². The number of anilines is 2. The van der Waals surface area contributed by atoms with Crippen molar-refractivity contribution >= 4 is 17.2 Å². The lowest BCUT2D eigenvalue weighted by Crippen LogP contribution is -2.33. The molecule has 1 aromatic carbocycles. The molecule has 1 heterocycles. The van der Waals surface area contributed by atoms with Crippen LogP contribution in [0.25, 0.3) is 0 Å². The molecule has 0 unspecified atom stereocenters. The molecule has 0 aliphatic carbocycles. The van der Waals surface area contributed by atoms with Crippen LogP contribution in [-0.4, -0.2) is 60.4 Å². The van der Waals surface area contributed by atoms with Crippen LogP contribution in [0.1, 0.15) is 32.0 Å². The minimum absolute atomic E-state index is 0.263. The normalized spacial score (nSPS) is 10.9. The van der Waals surface area contributed by atoms with Crippen molar-refractivity contribution < 1.29 is 4.74 Å². The lowest BCUT2D eigenvalue weighted by molar-refractivity contribution is 0.340. The van der Waals surface area contributed by atoms with E-state index in [2.05, 4.69) is 40.7 Å². The summed E-state index contributed by atoms with van der Waals surface area (Å²) in [6, 6.07) is 7.21. The van der Waals surface area contributed by atoms with Crippen molar-refractivity contribution in [3.8, 4) is 5.75 Å². The Morgan fingerprint density at radius 1 is 1.11 bits per heavy atom. The highest BCUT2D eigenvalue weighted by Gasteiger charge is 2.14. The van der Waals surface area contributed by atoms with E-state index in [1.54, 1.807) is 12.1 Å². The Balaban J connectivity index is 2.25. The lowest BCUT2D eigenvalue weighted by Gasteiger charge is -2.25. The van der Waals surface area contributed by atoms with Gasteiger partial charge in [-0.3, -0.25) is 5.41 Å². The number of hydrogen-bond acceptors (Lipinski definition) is 7. The van der Waals surface area contributed by atoms with Crippen molar-refractivity contribution in [3.63, 3.8) is 0 Å². The highest BCUT2D eigenvalue weighted by atomic mass is 16.5. The Hall–Kier alpha value is -2.67. The molecular weight excluding hydrogens is 340 g/mol. The predicted molar refractivity (Wildman–Crippen MR) is 111 cm³/mol. The zero-order chi connectivity index (χ0) is 19.8. The maximum atomic E-state index is 8.58. The molecule has 0 atom stereocenters. The first-order valence-electron chi connectivity index (χ1n) is 9.37. The second-order valence-electron chi connectivity index (χ2n) is 6.29.